The Hall–Kier alpha value is -0.940. The maximum Gasteiger partial charge on any atom is 0.198 e. The molecular formula is C11H16N2O2S. The van der Waals surface area contributed by atoms with Crippen molar-refractivity contribution in [2.45, 2.75) is 23.1 Å². The summed E-state index contributed by atoms with van der Waals surface area (Å²) in [5.74, 6) is 0. The average Bonchev–Trinajstić information content (AvgIpc) is 2.31. The summed E-state index contributed by atoms with van der Waals surface area (Å²) in [6, 6.07) is 5.02. The van der Waals surface area contributed by atoms with Crippen molar-refractivity contribution in [2.24, 2.45) is 0 Å². The van der Waals surface area contributed by atoms with Gasteiger partial charge in [-0.25, -0.2) is 13.4 Å². The lowest BCUT2D eigenvalue weighted by molar-refractivity contribution is 0.277. The average molecular weight is 240 g/mol. The Morgan fingerprint density at radius 2 is 2.00 bits per heavy atom. The maximum atomic E-state index is 12.2. The van der Waals surface area contributed by atoms with Gasteiger partial charge in [-0.3, -0.25) is 0 Å². The first-order valence-electron chi connectivity index (χ1n) is 5.44. The fourth-order valence-corrected chi connectivity index (χ4v) is 3.63. The number of aromatic nitrogens is 1. The summed E-state index contributed by atoms with van der Waals surface area (Å²) in [6.45, 7) is 1.69. The normalized spacial score (nSPS) is 19.8. The second kappa shape index (κ2) is 4.51. The molecule has 2 heterocycles. The highest BCUT2D eigenvalue weighted by molar-refractivity contribution is 7.92. The fourth-order valence-electron chi connectivity index (χ4n) is 1.98. The fraction of sp³-hybridized carbons (Fsp3) is 0.545. The summed E-state index contributed by atoms with van der Waals surface area (Å²) in [7, 11) is -1.21. The first-order valence-corrected chi connectivity index (χ1v) is 6.99. The van der Waals surface area contributed by atoms with E-state index in [1.165, 1.54) is 6.20 Å². The van der Waals surface area contributed by atoms with E-state index in [4.69, 9.17) is 0 Å². The molecule has 0 aromatic carbocycles. The molecule has 0 saturated carbocycles. The highest BCUT2D eigenvalue weighted by Gasteiger charge is 2.30. The SMILES string of the molecule is CN1CCC(S(=O)(=O)c2ccccn2)CC1. The molecule has 1 aromatic rings. The van der Waals surface area contributed by atoms with Gasteiger partial charge in [0.1, 0.15) is 0 Å². The lowest BCUT2D eigenvalue weighted by Gasteiger charge is -2.28. The monoisotopic (exact) mass is 240 g/mol. The highest BCUT2D eigenvalue weighted by atomic mass is 32.2. The quantitative estimate of drug-likeness (QED) is 0.772. The van der Waals surface area contributed by atoms with E-state index in [9.17, 15) is 8.42 Å². The van der Waals surface area contributed by atoms with Crippen LogP contribution in [0.15, 0.2) is 29.4 Å². The van der Waals surface area contributed by atoms with Gasteiger partial charge in [-0.05, 0) is 45.1 Å². The summed E-state index contributed by atoms with van der Waals surface area (Å²) < 4.78 is 24.4. The summed E-state index contributed by atoms with van der Waals surface area (Å²) in [4.78, 5) is 6.10. The van der Waals surface area contributed by atoms with Gasteiger partial charge < -0.3 is 4.90 Å². The second-order valence-electron chi connectivity index (χ2n) is 4.22. The van der Waals surface area contributed by atoms with E-state index in [1.54, 1.807) is 18.2 Å². The number of sulfone groups is 1. The van der Waals surface area contributed by atoms with Crippen LogP contribution in [-0.4, -0.2) is 43.7 Å². The van der Waals surface area contributed by atoms with Crippen molar-refractivity contribution in [3.63, 3.8) is 0 Å². The van der Waals surface area contributed by atoms with E-state index in [2.05, 4.69) is 9.88 Å². The molecule has 0 atom stereocenters. The highest BCUT2D eigenvalue weighted by Crippen LogP contribution is 2.22. The van der Waals surface area contributed by atoms with E-state index in [-0.39, 0.29) is 10.3 Å². The predicted molar refractivity (Wildman–Crippen MR) is 61.9 cm³/mol. The largest absolute Gasteiger partial charge is 0.306 e. The molecule has 2 rings (SSSR count). The van der Waals surface area contributed by atoms with Gasteiger partial charge in [-0.2, -0.15) is 0 Å². The van der Waals surface area contributed by atoms with E-state index in [1.807, 2.05) is 7.05 Å². The number of pyridine rings is 1. The topological polar surface area (TPSA) is 50.3 Å². The van der Waals surface area contributed by atoms with E-state index in [0.717, 1.165) is 13.1 Å². The van der Waals surface area contributed by atoms with E-state index < -0.39 is 9.84 Å². The number of rotatable bonds is 2. The van der Waals surface area contributed by atoms with Crippen LogP contribution in [0.1, 0.15) is 12.8 Å². The van der Waals surface area contributed by atoms with Gasteiger partial charge in [0.25, 0.3) is 0 Å². The zero-order valence-corrected chi connectivity index (χ0v) is 10.2. The van der Waals surface area contributed by atoms with Gasteiger partial charge >= 0.3 is 0 Å². The number of hydrogen-bond acceptors (Lipinski definition) is 4. The van der Waals surface area contributed by atoms with Crippen LogP contribution < -0.4 is 0 Å². The Labute approximate surface area is 96.2 Å². The van der Waals surface area contributed by atoms with Crippen molar-refractivity contribution in [1.82, 2.24) is 9.88 Å². The Morgan fingerprint density at radius 3 is 2.56 bits per heavy atom. The summed E-state index contributed by atoms with van der Waals surface area (Å²) >= 11 is 0. The lowest BCUT2D eigenvalue weighted by Crippen LogP contribution is -2.37. The smallest absolute Gasteiger partial charge is 0.198 e. The van der Waals surface area contributed by atoms with E-state index >= 15 is 0 Å². The van der Waals surface area contributed by atoms with Crippen molar-refractivity contribution < 1.29 is 8.42 Å². The van der Waals surface area contributed by atoms with Gasteiger partial charge in [0, 0.05) is 6.20 Å². The zero-order valence-electron chi connectivity index (χ0n) is 9.33. The van der Waals surface area contributed by atoms with Crippen molar-refractivity contribution in [1.29, 1.82) is 0 Å². The molecule has 88 valence electrons. The van der Waals surface area contributed by atoms with Gasteiger partial charge in [0.05, 0.1) is 5.25 Å². The molecule has 0 N–H and O–H groups in total. The van der Waals surface area contributed by atoms with Crippen LogP contribution in [-0.2, 0) is 9.84 Å². The number of hydrogen-bond donors (Lipinski definition) is 0. The third kappa shape index (κ3) is 2.25. The first-order chi connectivity index (χ1) is 7.60. The molecule has 0 bridgehead atoms. The zero-order chi connectivity index (χ0) is 11.6. The molecule has 5 heteroatoms. The molecule has 1 fully saturated rings. The molecule has 0 radical (unpaired) electrons. The van der Waals surface area contributed by atoms with Crippen LogP contribution in [0, 0.1) is 0 Å². The van der Waals surface area contributed by atoms with Crippen molar-refractivity contribution in [2.75, 3.05) is 20.1 Å². The van der Waals surface area contributed by atoms with E-state index in [0.29, 0.717) is 12.8 Å². The van der Waals surface area contributed by atoms with Crippen LogP contribution in [0.2, 0.25) is 0 Å². The Balaban J connectivity index is 2.20. The minimum atomic E-state index is -3.22. The number of piperidine rings is 1. The molecule has 0 unspecified atom stereocenters. The Bertz CT molecular complexity index is 436. The summed E-state index contributed by atoms with van der Waals surface area (Å²) in [5, 5.41) is -0.0526. The van der Waals surface area contributed by atoms with Crippen LogP contribution in [0.3, 0.4) is 0 Å². The molecule has 1 aliphatic heterocycles. The molecule has 16 heavy (non-hydrogen) atoms. The first kappa shape index (κ1) is 11.5. The second-order valence-corrected chi connectivity index (χ2v) is 6.39. The van der Waals surface area contributed by atoms with Crippen molar-refractivity contribution in [3.05, 3.63) is 24.4 Å². The molecule has 1 saturated heterocycles. The Morgan fingerprint density at radius 1 is 1.31 bits per heavy atom. The number of likely N-dealkylation sites (tertiary alicyclic amines) is 1. The van der Waals surface area contributed by atoms with Crippen molar-refractivity contribution >= 4 is 9.84 Å². The van der Waals surface area contributed by atoms with Gasteiger partial charge in [-0.1, -0.05) is 6.07 Å². The maximum absolute atomic E-state index is 12.2. The molecule has 1 aliphatic rings. The van der Waals surface area contributed by atoms with Gasteiger partial charge in [-0.15, -0.1) is 0 Å². The summed E-state index contributed by atoms with van der Waals surface area (Å²) in [6.07, 6.45) is 2.94. The van der Waals surface area contributed by atoms with Crippen LogP contribution >= 0.6 is 0 Å². The van der Waals surface area contributed by atoms with Crippen molar-refractivity contribution in [3.8, 4) is 0 Å². The van der Waals surface area contributed by atoms with Crippen LogP contribution in [0.25, 0.3) is 0 Å². The lowest BCUT2D eigenvalue weighted by atomic mass is 10.1. The molecule has 1 aromatic heterocycles. The molecular weight excluding hydrogens is 224 g/mol. The minimum Gasteiger partial charge on any atom is -0.306 e. The Kier molecular flexibility index (Phi) is 3.25. The molecule has 0 aliphatic carbocycles. The molecule has 0 spiro atoms. The predicted octanol–water partition coefficient (Wildman–Crippen LogP) is 0.950. The third-order valence-electron chi connectivity index (χ3n) is 3.03. The minimum absolute atomic E-state index is 0.213. The molecule has 4 nitrogen and oxygen atoms in total. The van der Waals surface area contributed by atoms with Gasteiger partial charge in [0.15, 0.2) is 14.9 Å². The third-order valence-corrected chi connectivity index (χ3v) is 5.21. The molecule has 0 amide bonds. The summed E-state index contributed by atoms with van der Waals surface area (Å²) in [5.41, 5.74) is 0. The number of nitrogens with zero attached hydrogens (tertiary/aromatic N) is 2. The van der Waals surface area contributed by atoms with Crippen LogP contribution in [0.4, 0.5) is 0 Å². The van der Waals surface area contributed by atoms with Crippen LogP contribution in [0.5, 0.6) is 0 Å². The van der Waals surface area contributed by atoms with Gasteiger partial charge in [0.2, 0.25) is 0 Å². The standard InChI is InChI=1S/C11H16N2O2S/c1-13-8-5-10(6-9-13)16(14,15)11-4-2-3-7-12-11/h2-4,7,10H,5-6,8-9H2,1H3.